The lowest BCUT2D eigenvalue weighted by Gasteiger charge is -2.14. The molecule has 0 bridgehead atoms. The fourth-order valence-electron chi connectivity index (χ4n) is 1.42. The fraction of sp³-hybridized carbons (Fsp3) is 0.364. The van der Waals surface area contributed by atoms with Gasteiger partial charge in [-0.15, -0.1) is 0 Å². The zero-order valence-electron chi connectivity index (χ0n) is 9.10. The predicted octanol–water partition coefficient (Wildman–Crippen LogP) is 1.37. The van der Waals surface area contributed by atoms with E-state index in [4.69, 9.17) is 5.11 Å². The van der Waals surface area contributed by atoms with Crippen LogP contribution in [0.3, 0.4) is 0 Å². The van der Waals surface area contributed by atoms with E-state index < -0.39 is 5.97 Å². The van der Waals surface area contributed by atoms with Gasteiger partial charge in [-0.2, -0.15) is 0 Å². The summed E-state index contributed by atoms with van der Waals surface area (Å²) in [6, 6.07) is 3.50. The number of pyridine rings is 1. The number of amides is 1. The maximum atomic E-state index is 10.5. The molecule has 0 saturated heterocycles. The maximum Gasteiger partial charge on any atom is 0.303 e. The van der Waals surface area contributed by atoms with Crippen molar-refractivity contribution < 1.29 is 14.7 Å². The van der Waals surface area contributed by atoms with Crippen molar-refractivity contribution in [1.82, 2.24) is 10.3 Å². The topological polar surface area (TPSA) is 79.3 Å². The molecule has 5 nitrogen and oxygen atoms in total. The number of aromatic nitrogens is 1. The van der Waals surface area contributed by atoms with Crippen LogP contribution in [0.1, 0.15) is 18.5 Å². The van der Waals surface area contributed by atoms with Crippen LogP contribution in [0.25, 0.3) is 0 Å². The highest BCUT2D eigenvalue weighted by Crippen LogP contribution is 2.10. The minimum absolute atomic E-state index is 0.0298. The minimum Gasteiger partial charge on any atom is -0.481 e. The average molecular weight is 301 g/mol. The number of carbonyl (C=O) groups excluding carboxylic acids is 1. The number of aliphatic carboxylic acids is 1. The van der Waals surface area contributed by atoms with Gasteiger partial charge >= 0.3 is 5.97 Å². The second-order valence-corrected chi connectivity index (χ2v) is 4.50. The lowest BCUT2D eigenvalue weighted by Crippen LogP contribution is -2.30. The molecule has 1 aromatic heterocycles. The molecule has 0 aliphatic rings. The largest absolute Gasteiger partial charge is 0.481 e. The molecule has 0 aliphatic heterocycles. The SMILES string of the molecule is O=CNC(CCC(=O)O)Cc1ccc(Br)cn1. The third kappa shape index (κ3) is 5.44. The minimum atomic E-state index is -0.869. The van der Waals surface area contributed by atoms with Gasteiger partial charge in [0.25, 0.3) is 0 Å². The molecule has 1 amide bonds. The molecule has 0 fully saturated rings. The first kappa shape index (κ1) is 13.6. The van der Waals surface area contributed by atoms with E-state index in [9.17, 15) is 9.59 Å². The molecule has 2 N–H and O–H groups in total. The Bertz CT molecular complexity index is 381. The van der Waals surface area contributed by atoms with Gasteiger partial charge in [0.2, 0.25) is 6.41 Å². The molecule has 17 heavy (non-hydrogen) atoms. The number of halogens is 1. The highest BCUT2D eigenvalue weighted by molar-refractivity contribution is 9.10. The lowest BCUT2D eigenvalue weighted by molar-refractivity contribution is -0.137. The number of nitrogens with one attached hydrogen (secondary N) is 1. The van der Waals surface area contributed by atoms with Crippen LogP contribution in [0.15, 0.2) is 22.8 Å². The first-order valence-electron chi connectivity index (χ1n) is 5.13. The third-order valence-electron chi connectivity index (χ3n) is 2.25. The molecule has 0 radical (unpaired) electrons. The van der Waals surface area contributed by atoms with Gasteiger partial charge in [-0.3, -0.25) is 14.6 Å². The third-order valence-corrected chi connectivity index (χ3v) is 2.72. The summed E-state index contributed by atoms with van der Waals surface area (Å²) in [6.07, 6.45) is 3.21. The Hall–Kier alpha value is -1.43. The molecule has 0 aliphatic carbocycles. The van der Waals surface area contributed by atoms with Crippen molar-refractivity contribution in [3.8, 4) is 0 Å². The monoisotopic (exact) mass is 300 g/mol. The second-order valence-electron chi connectivity index (χ2n) is 3.59. The van der Waals surface area contributed by atoms with Crippen LogP contribution in [0.5, 0.6) is 0 Å². The van der Waals surface area contributed by atoms with E-state index in [0.29, 0.717) is 19.3 Å². The standard InChI is InChI=1S/C11H13BrN2O3/c12-8-1-2-9(13-6-8)5-10(14-7-15)3-4-11(16)17/h1-2,6-7,10H,3-5H2,(H,14,15)(H,16,17). The Morgan fingerprint density at radius 3 is 2.88 bits per heavy atom. The molecule has 1 aromatic rings. The van der Waals surface area contributed by atoms with E-state index in [2.05, 4.69) is 26.2 Å². The number of carboxylic acids is 1. The summed E-state index contributed by atoms with van der Waals surface area (Å²) in [6.45, 7) is 0. The van der Waals surface area contributed by atoms with Crippen molar-refractivity contribution in [2.45, 2.75) is 25.3 Å². The lowest BCUT2D eigenvalue weighted by atomic mass is 10.1. The molecule has 6 heteroatoms. The number of nitrogens with zero attached hydrogens (tertiary/aromatic N) is 1. The summed E-state index contributed by atoms with van der Waals surface area (Å²) in [5.41, 5.74) is 0.818. The molecule has 1 unspecified atom stereocenters. The first-order valence-corrected chi connectivity index (χ1v) is 5.93. The highest BCUT2D eigenvalue weighted by atomic mass is 79.9. The van der Waals surface area contributed by atoms with E-state index in [0.717, 1.165) is 10.2 Å². The van der Waals surface area contributed by atoms with E-state index >= 15 is 0 Å². The van der Waals surface area contributed by atoms with Crippen LogP contribution >= 0.6 is 15.9 Å². The summed E-state index contributed by atoms with van der Waals surface area (Å²) in [5, 5.41) is 11.2. The first-order chi connectivity index (χ1) is 8.11. The zero-order chi connectivity index (χ0) is 12.7. The van der Waals surface area contributed by atoms with Crippen LogP contribution < -0.4 is 5.32 Å². The van der Waals surface area contributed by atoms with Gasteiger partial charge < -0.3 is 10.4 Å². The summed E-state index contributed by atoms with van der Waals surface area (Å²) in [4.78, 5) is 25.1. The van der Waals surface area contributed by atoms with Crippen molar-refractivity contribution in [2.24, 2.45) is 0 Å². The molecule has 1 atom stereocenters. The summed E-state index contributed by atoms with van der Waals surface area (Å²) < 4.78 is 0.881. The van der Waals surface area contributed by atoms with Crippen LogP contribution in [0.2, 0.25) is 0 Å². The quantitative estimate of drug-likeness (QED) is 0.745. The van der Waals surface area contributed by atoms with Gasteiger partial charge in [-0.1, -0.05) is 0 Å². The van der Waals surface area contributed by atoms with Crippen LogP contribution in [-0.4, -0.2) is 28.5 Å². The summed E-state index contributed by atoms with van der Waals surface area (Å²) >= 11 is 3.28. The average Bonchev–Trinajstić information content (AvgIpc) is 2.29. The number of hydrogen-bond donors (Lipinski definition) is 2. The van der Waals surface area contributed by atoms with Crippen molar-refractivity contribution in [3.63, 3.8) is 0 Å². The summed E-state index contributed by atoms with van der Waals surface area (Å²) in [5.74, 6) is -0.869. The van der Waals surface area contributed by atoms with Gasteiger partial charge in [0.15, 0.2) is 0 Å². The number of carbonyl (C=O) groups is 2. The second kappa shape index (κ2) is 7.01. The number of hydrogen-bond acceptors (Lipinski definition) is 3. The zero-order valence-corrected chi connectivity index (χ0v) is 10.7. The fourth-order valence-corrected chi connectivity index (χ4v) is 1.65. The molecule has 92 valence electrons. The molecular weight excluding hydrogens is 288 g/mol. The Kier molecular flexibility index (Phi) is 5.62. The predicted molar refractivity (Wildman–Crippen MR) is 65.5 cm³/mol. The molecule has 1 rings (SSSR count). The Labute approximate surface area is 107 Å². The van der Waals surface area contributed by atoms with E-state index in [1.807, 2.05) is 12.1 Å². The van der Waals surface area contributed by atoms with Gasteiger partial charge in [0.1, 0.15) is 0 Å². The number of rotatable bonds is 7. The van der Waals surface area contributed by atoms with Gasteiger partial charge in [0.05, 0.1) is 0 Å². The van der Waals surface area contributed by atoms with E-state index in [-0.39, 0.29) is 12.5 Å². The van der Waals surface area contributed by atoms with Crippen molar-refractivity contribution in [1.29, 1.82) is 0 Å². The molecule has 0 aromatic carbocycles. The van der Waals surface area contributed by atoms with Gasteiger partial charge in [-0.05, 0) is 34.5 Å². The Balaban J connectivity index is 2.56. The normalized spacial score (nSPS) is 11.8. The van der Waals surface area contributed by atoms with Crippen LogP contribution in [0, 0.1) is 0 Å². The highest BCUT2D eigenvalue weighted by Gasteiger charge is 2.11. The van der Waals surface area contributed by atoms with Crippen LogP contribution in [0.4, 0.5) is 0 Å². The smallest absolute Gasteiger partial charge is 0.303 e. The van der Waals surface area contributed by atoms with Crippen molar-refractivity contribution in [2.75, 3.05) is 0 Å². The van der Waals surface area contributed by atoms with Crippen molar-refractivity contribution in [3.05, 3.63) is 28.5 Å². The van der Waals surface area contributed by atoms with Gasteiger partial charge in [-0.25, -0.2) is 0 Å². The number of carboxylic acid groups (broad SMARTS) is 1. The van der Waals surface area contributed by atoms with Gasteiger partial charge in [0, 0.05) is 35.2 Å². The molecule has 1 heterocycles. The Morgan fingerprint density at radius 1 is 1.59 bits per heavy atom. The van der Waals surface area contributed by atoms with E-state index in [1.54, 1.807) is 6.20 Å². The maximum absolute atomic E-state index is 10.5. The molecule has 0 spiro atoms. The molecular formula is C11H13BrN2O3. The summed E-state index contributed by atoms with van der Waals surface area (Å²) in [7, 11) is 0. The van der Waals surface area contributed by atoms with Crippen LogP contribution in [-0.2, 0) is 16.0 Å². The Morgan fingerprint density at radius 2 is 2.35 bits per heavy atom. The van der Waals surface area contributed by atoms with Crippen molar-refractivity contribution >= 4 is 28.3 Å². The molecule has 0 saturated carbocycles. The van der Waals surface area contributed by atoms with E-state index in [1.165, 1.54) is 0 Å².